The molecule has 5 heteroatoms. The van der Waals surface area contributed by atoms with Crippen molar-refractivity contribution in [3.63, 3.8) is 0 Å². The molecular formula is C19H23N3O2. The molecule has 1 fully saturated rings. The van der Waals surface area contributed by atoms with E-state index in [2.05, 4.69) is 41.2 Å². The second-order valence-corrected chi connectivity index (χ2v) is 6.21. The zero-order chi connectivity index (χ0) is 16.8. The van der Waals surface area contributed by atoms with Crippen molar-refractivity contribution < 1.29 is 9.53 Å². The molecule has 0 saturated carbocycles. The minimum atomic E-state index is -0.0780. The number of carbonyl (C=O) groups is 1. The first-order valence-corrected chi connectivity index (χ1v) is 8.45. The summed E-state index contributed by atoms with van der Waals surface area (Å²) >= 11 is 0. The molecule has 1 aliphatic heterocycles. The summed E-state index contributed by atoms with van der Waals surface area (Å²) in [5, 5.41) is 0. The molecule has 1 aromatic heterocycles. The zero-order valence-electron chi connectivity index (χ0n) is 14.0. The molecule has 1 aromatic carbocycles. The SMILES string of the molecule is Cc1ccc(CCN(CC2CCCO2)C(=O)c2cnccn2)cc1. The highest BCUT2D eigenvalue weighted by Crippen LogP contribution is 2.15. The maximum Gasteiger partial charge on any atom is 0.274 e. The summed E-state index contributed by atoms with van der Waals surface area (Å²) in [6.45, 7) is 4.13. The Kier molecular flexibility index (Phi) is 5.54. The highest BCUT2D eigenvalue weighted by molar-refractivity contribution is 5.92. The van der Waals surface area contributed by atoms with Crippen LogP contribution in [0.4, 0.5) is 0 Å². The standard InChI is InChI=1S/C19H23N3O2/c1-15-4-6-16(7-5-15)8-11-22(14-17-3-2-12-24-17)19(23)18-13-20-9-10-21-18/h4-7,9-10,13,17H,2-3,8,11-12,14H2,1H3. The van der Waals surface area contributed by atoms with E-state index in [1.54, 1.807) is 12.4 Å². The van der Waals surface area contributed by atoms with Gasteiger partial charge >= 0.3 is 0 Å². The normalized spacial score (nSPS) is 17.0. The lowest BCUT2D eigenvalue weighted by atomic mass is 10.1. The number of aryl methyl sites for hydroxylation is 1. The number of rotatable bonds is 6. The number of nitrogens with zero attached hydrogens (tertiary/aromatic N) is 3. The Morgan fingerprint density at radius 3 is 2.79 bits per heavy atom. The van der Waals surface area contributed by atoms with Crippen LogP contribution < -0.4 is 0 Å². The molecule has 2 aromatic rings. The van der Waals surface area contributed by atoms with Gasteiger partial charge in [-0.15, -0.1) is 0 Å². The Balaban J connectivity index is 1.68. The average Bonchev–Trinajstić information content (AvgIpc) is 3.13. The van der Waals surface area contributed by atoms with Crippen LogP contribution in [0, 0.1) is 6.92 Å². The molecule has 24 heavy (non-hydrogen) atoms. The minimum Gasteiger partial charge on any atom is -0.376 e. The van der Waals surface area contributed by atoms with Crippen molar-refractivity contribution in [1.82, 2.24) is 14.9 Å². The second kappa shape index (κ2) is 8.02. The van der Waals surface area contributed by atoms with Crippen molar-refractivity contribution in [3.8, 4) is 0 Å². The molecule has 1 saturated heterocycles. The van der Waals surface area contributed by atoms with Crippen LogP contribution in [0.15, 0.2) is 42.9 Å². The van der Waals surface area contributed by atoms with Gasteiger partial charge < -0.3 is 9.64 Å². The Bertz CT molecular complexity index is 652. The van der Waals surface area contributed by atoms with E-state index in [1.807, 2.05) is 4.90 Å². The number of ether oxygens (including phenoxy) is 1. The Labute approximate surface area is 142 Å². The second-order valence-electron chi connectivity index (χ2n) is 6.21. The number of amides is 1. The Morgan fingerprint density at radius 2 is 2.12 bits per heavy atom. The maximum atomic E-state index is 12.8. The van der Waals surface area contributed by atoms with E-state index in [4.69, 9.17) is 4.74 Å². The lowest BCUT2D eigenvalue weighted by Gasteiger charge is -2.25. The third-order valence-electron chi connectivity index (χ3n) is 4.31. The van der Waals surface area contributed by atoms with Crippen LogP contribution in [0.3, 0.4) is 0 Å². The van der Waals surface area contributed by atoms with Crippen LogP contribution >= 0.6 is 0 Å². The molecule has 0 bridgehead atoms. The lowest BCUT2D eigenvalue weighted by Crippen LogP contribution is -2.39. The zero-order valence-corrected chi connectivity index (χ0v) is 14.0. The van der Waals surface area contributed by atoms with Gasteiger partial charge in [0.1, 0.15) is 5.69 Å². The van der Waals surface area contributed by atoms with Crippen LogP contribution in [0.25, 0.3) is 0 Å². The van der Waals surface area contributed by atoms with Gasteiger partial charge in [-0.2, -0.15) is 0 Å². The Morgan fingerprint density at radius 1 is 1.29 bits per heavy atom. The molecule has 0 aliphatic carbocycles. The molecule has 1 unspecified atom stereocenters. The van der Waals surface area contributed by atoms with Gasteiger partial charge in [-0.3, -0.25) is 9.78 Å². The maximum absolute atomic E-state index is 12.8. The van der Waals surface area contributed by atoms with Gasteiger partial charge in [0.05, 0.1) is 12.3 Å². The van der Waals surface area contributed by atoms with Gasteiger partial charge in [0.2, 0.25) is 0 Å². The molecule has 126 valence electrons. The topological polar surface area (TPSA) is 55.3 Å². The van der Waals surface area contributed by atoms with Gasteiger partial charge in [-0.05, 0) is 31.7 Å². The molecule has 1 aliphatic rings. The van der Waals surface area contributed by atoms with Crippen molar-refractivity contribution in [2.24, 2.45) is 0 Å². The monoisotopic (exact) mass is 325 g/mol. The summed E-state index contributed by atoms with van der Waals surface area (Å²) in [6.07, 6.45) is 7.68. The number of hydrogen-bond donors (Lipinski definition) is 0. The summed E-state index contributed by atoms with van der Waals surface area (Å²) in [5.74, 6) is -0.0780. The van der Waals surface area contributed by atoms with E-state index >= 15 is 0 Å². The van der Waals surface area contributed by atoms with Gasteiger partial charge in [0, 0.05) is 32.1 Å². The molecule has 5 nitrogen and oxygen atoms in total. The van der Waals surface area contributed by atoms with Crippen LogP contribution in [-0.2, 0) is 11.2 Å². The third kappa shape index (κ3) is 4.38. The van der Waals surface area contributed by atoms with Gasteiger partial charge in [-0.25, -0.2) is 4.98 Å². The molecular weight excluding hydrogens is 302 g/mol. The first kappa shape index (κ1) is 16.6. The summed E-state index contributed by atoms with van der Waals surface area (Å²) < 4.78 is 5.71. The highest BCUT2D eigenvalue weighted by Gasteiger charge is 2.24. The van der Waals surface area contributed by atoms with E-state index in [1.165, 1.54) is 17.3 Å². The number of benzene rings is 1. The van der Waals surface area contributed by atoms with E-state index < -0.39 is 0 Å². The molecule has 0 spiro atoms. The van der Waals surface area contributed by atoms with Crippen LogP contribution in [0.1, 0.15) is 34.5 Å². The number of hydrogen-bond acceptors (Lipinski definition) is 4. The quantitative estimate of drug-likeness (QED) is 0.819. The largest absolute Gasteiger partial charge is 0.376 e. The average molecular weight is 325 g/mol. The molecule has 0 N–H and O–H groups in total. The number of aromatic nitrogens is 2. The molecule has 2 heterocycles. The lowest BCUT2D eigenvalue weighted by molar-refractivity contribution is 0.0524. The minimum absolute atomic E-state index is 0.0780. The molecule has 1 amide bonds. The fourth-order valence-electron chi connectivity index (χ4n) is 2.90. The fourth-order valence-corrected chi connectivity index (χ4v) is 2.90. The first-order valence-electron chi connectivity index (χ1n) is 8.45. The summed E-state index contributed by atoms with van der Waals surface area (Å²) in [7, 11) is 0. The molecule has 1 atom stereocenters. The van der Waals surface area contributed by atoms with Crippen LogP contribution in [0.2, 0.25) is 0 Å². The van der Waals surface area contributed by atoms with E-state index in [9.17, 15) is 4.79 Å². The summed E-state index contributed by atoms with van der Waals surface area (Å²) in [6, 6.07) is 8.44. The predicted molar refractivity (Wildman–Crippen MR) is 91.8 cm³/mol. The van der Waals surface area contributed by atoms with E-state index in [0.29, 0.717) is 18.8 Å². The fraction of sp³-hybridized carbons (Fsp3) is 0.421. The van der Waals surface area contributed by atoms with E-state index in [-0.39, 0.29) is 12.0 Å². The highest BCUT2D eigenvalue weighted by atomic mass is 16.5. The predicted octanol–water partition coefficient (Wildman–Crippen LogP) is 2.65. The smallest absolute Gasteiger partial charge is 0.274 e. The van der Waals surface area contributed by atoms with Crippen molar-refractivity contribution >= 4 is 5.91 Å². The van der Waals surface area contributed by atoms with Gasteiger partial charge in [0.15, 0.2) is 0 Å². The first-order chi connectivity index (χ1) is 11.7. The van der Waals surface area contributed by atoms with Crippen molar-refractivity contribution in [1.29, 1.82) is 0 Å². The number of carbonyl (C=O) groups excluding carboxylic acids is 1. The van der Waals surface area contributed by atoms with Crippen LogP contribution in [-0.4, -0.2) is 46.6 Å². The van der Waals surface area contributed by atoms with Crippen molar-refractivity contribution in [2.75, 3.05) is 19.7 Å². The third-order valence-corrected chi connectivity index (χ3v) is 4.31. The van der Waals surface area contributed by atoms with E-state index in [0.717, 1.165) is 25.9 Å². The molecule has 3 rings (SSSR count). The van der Waals surface area contributed by atoms with Gasteiger partial charge in [-0.1, -0.05) is 29.8 Å². The van der Waals surface area contributed by atoms with Crippen molar-refractivity contribution in [2.45, 2.75) is 32.3 Å². The van der Waals surface area contributed by atoms with Crippen molar-refractivity contribution in [3.05, 3.63) is 59.7 Å². The Hall–Kier alpha value is -2.27. The van der Waals surface area contributed by atoms with Gasteiger partial charge in [0.25, 0.3) is 5.91 Å². The molecule has 0 radical (unpaired) electrons. The summed E-state index contributed by atoms with van der Waals surface area (Å²) in [4.78, 5) is 22.8. The summed E-state index contributed by atoms with van der Waals surface area (Å²) in [5.41, 5.74) is 2.86. The van der Waals surface area contributed by atoms with Crippen LogP contribution in [0.5, 0.6) is 0 Å².